The minimum absolute atomic E-state index is 0.0241. The Labute approximate surface area is 175 Å². The molecule has 0 saturated carbocycles. The maximum absolute atomic E-state index is 12.4. The summed E-state index contributed by atoms with van der Waals surface area (Å²) in [7, 11) is 1.65. The van der Waals surface area contributed by atoms with E-state index in [4.69, 9.17) is 9.47 Å². The SMILES string of the molecule is CCOc1ccc(-c2nc(CC(=O)NC(C)Cc3cccc(OC)c3)cs2)cc1. The van der Waals surface area contributed by atoms with Crippen molar-refractivity contribution in [3.8, 4) is 22.1 Å². The lowest BCUT2D eigenvalue weighted by atomic mass is 10.1. The number of rotatable bonds is 9. The summed E-state index contributed by atoms with van der Waals surface area (Å²) in [4.78, 5) is 17.0. The van der Waals surface area contributed by atoms with Gasteiger partial charge in [0.05, 0.1) is 25.8 Å². The van der Waals surface area contributed by atoms with Gasteiger partial charge in [-0.15, -0.1) is 11.3 Å². The van der Waals surface area contributed by atoms with Gasteiger partial charge in [-0.2, -0.15) is 0 Å². The van der Waals surface area contributed by atoms with Crippen molar-refractivity contribution >= 4 is 17.2 Å². The van der Waals surface area contributed by atoms with Gasteiger partial charge in [-0.05, 0) is 62.2 Å². The van der Waals surface area contributed by atoms with E-state index in [1.54, 1.807) is 18.4 Å². The summed E-state index contributed by atoms with van der Waals surface area (Å²) in [6, 6.07) is 15.8. The van der Waals surface area contributed by atoms with Crippen LogP contribution in [0.15, 0.2) is 53.9 Å². The van der Waals surface area contributed by atoms with Gasteiger partial charge in [0.25, 0.3) is 0 Å². The number of nitrogens with zero attached hydrogens (tertiary/aromatic N) is 1. The Morgan fingerprint density at radius 3 is 2.69 bits per heavy atom. The number of carbonyl (C=O) groups excluding carboxylic acids is 1. The summed E-state index contributed by atoms with van der Waals surface area (Å²) >= 11 is 1.54. The number of amides is 1. The fourth-order valence-corrected chi connectivity index (χ4v) is 3.90. The number of nitrogens with one attached hydrogen (secondary N) is 1. The van der Waals surface area contributed by atoms with E-state index in [0.29, 0.717) is 6.61 Å². The Morgan fingerprint density at radius 1 is 1.17 bits per heavy atom. The largest absolute Gasteiger partial charge is 0.497 e. The van der Waals surface area contributed by atoms with E-state index in [1.807, 2.05) is 67.8 Å². The first-order valence-corrected chi connectivity index (χ1v) is 10.5. The van der Waals surface area contributed by atoms with Gasteiger partial charge in [-0.25, -0.2) is 4.98 Å². The molecule has 5 nitrogen and oxygen atoms in total. The molecule has 0 fully saturated rings. The fraction of sp³-hybridized carbons (Fsp3) is 0.304. The van der Waals surface area contributed by atoms with Gasteiger partial charge >= 0.3 is 0 Å². The predicted octanol–water partition coefficient (Wildman–Crippen LogP) is 4.51. The van der Waals surface area contributed by atoms with Gasteiger partial charge in [-0.1, -0.05) is 12.1 Å². The molecule has 1 heterocycles. The van der Waals surface area contributed by atoms with Crippen LogP contribution in [0.5, 0.6) is 11.5 Å². The second kappa shape index (κ2) is 10.1. The van der Waals surface area contributed by atoms with Crippen LogP contribution in [0.1, 0.15) is 25.1 Å². The summed E-state index contributed by atoms with van der Waals surface area (Å²) in [5, 5.41) is 5.90. The van der Waals surface area contributed by atoms with Crippen molar-refractivity contribution < 1.29 is 14.3 Å². The molecule has 0 aliphatic carbocycles. The van der Waals surface area contributed by atoms with Gasteiger partial charge < -0.3 is 14.8 Å². The number of thiazole rings is 1. The van der Waals surface area contributed by atoms with Gasteiger partial charge in [0.1, 0.15) is 16.5 Å². The van der Waals surface area contributed by atoms with Gasteiger partial charge in [0, 0.05) is 17.0 Å². The maximum atomic E-state index is 12.4. The molecule has 1 aromatic heterocycles. The van der Waals surface area contributed by atoms with Crippen LogP contribution in [-0.4, -0.2) is 30.6 Å². The number of methoxy groups -OCH3 is 1. The molecular weight excluding hydrogens is 384 g/mol. The third-order valence-electron chi connectivity index (χ3n) is 4.39. The number of benzene rings is 2. The molecule has 1 unspecified atom stereocenters. The van der Waals surface area contributed by atoms with Crippen molar-refractivity contribution in [1.82, 2.24) is 10.3 Å². The highest BCUT2D eigenvalue weighted by Gasteiger charge is 2.12. The minimum atomic E-state index is -0.0241. The van der Waals surface area contributed by atoms with Crippen LogP contribution in [-0.2, 0) is 17.6 Å². The number of hydrogen-bond donors (Lipinski definition) is 1. The molecule has 1 atom stereocenters. The van der Waals surface area contributed by atoms with Crippen LogP contribution in [0, 0.1) is 0 Å². The molecule has 152 valence electrons. The lowest BCUT2D eigenvalue weighted by Crippen LogP contribution is -2.35. The summed E-state index contributed by atoms with van der Waals surface area (Å²) in [6.07, 6.45) is 1.02. The molecular formula is C23H26N2O3S. The molecule has 3 rings (SSSR count). The lowest BCUT2D eigenvalue weighted by molar-refractivity contribution is -0.121. The lowest BCUT2D eigenvalue weighted by Gasteiger charge is -2.14. The zero-order valence-corrected chi connectivity index (χ0v) is 17.8. The summed E-state index contributed by atoms with van der Waals surface area (Å²) < 4.78 is 10.7. The molecule has 0 radical (unpaired) electrons. The van der Waals surface area contributed by atoms with Gasteiger partial charge in [0.2, 0.25) is 5.91 Å². The Hall–Kier alpha value is -2.86. The smallest absolute Gasteiger partial charge is 0.226 e. The average Bonchev–Trinajstić information content (AvgIpc) is 3.17. The van der Waals surface area contributed by atoms with Crippen molar-refractivity contribution in [3.05, 3.63) is 65.2 Å². The van der Waals surface area contributed by atoms with Crippen molar-refractivity contribution in [2.24, 2.45) is 0 Å². The normalized spacial score (nSPS) is 11.7. The van der Waals surface area contributed by atoms with E-state index in [2.05, 4.69) is 10.3 Å². The first kappa shape index (κ1) is 20.9. The average molecular weight is 411 g/mol. The van der Waals surface area contributed by atoms with E-state index in [0.717, 1.165) is 39.7 Å². The minimum Gasteiger partial charge on any atom is -0.497 e. The summed E-state index contributed by atoms with van der Waals surface area (Å²) in [5.74, 6) is 1.65. The fourth-order valence-electron chi connectivity index (χ4n) is 3.08. The van der Waals surface area contributed by atoms with Crippen LogP contribution >= 0.6 is 11.3 Å². The number of aromatic nitrogens is 1. The summed E-state index contributed by atoms with van der Waals surface area (Å²) in [5.41, 5.74) is 2.94. The number of ether oxygens (including phenoxy) is 2. The third kappa shape index (κ3) is 6.06. The van der Waals surface area contributed by atoms with Gasteiger partial charge in [-0.3, -0.25) is 4.79 Å². The summed E-state index contributed by atoms with van der Waals surface area (Å²) in [6.45, 7) is 4.61. The quantitative estimate of drug-likeness (QED) is 0.564. The highest BCUT2D eigenvalue weighted by Crippen LogP contribution is 2.26. The van der Waals surface area contributed by atoms with E-state index >= 15 is 0 Å². The molecule has 1 amide bonds. The van der Waals surface area contributed by atoms with Crippen molar-refractivity contribution in [2.75, 3.05) is 13.7 Å². The molecule has 0 spiro atoms. The standard InChI is InChI=1S/C23H26N2O3S/c1-4-28-20-10-8-18(9-11-20)23-25-19(15-29-23)14-22(26)24-16(2)12-17-6-5-7-21(13-17)27-3/h5-11,13,15-16H,4,12,14H2,1-3H3,(H,24,26). The Bertz CT molecular complexity index is 937. The second-order valence-electron chi connectivity index (χ2n) is 6.80. The van der Waals surface area contributed by atoms with Crippen LogP contribution in [0.25, 0.3) is 10.6 Å². The molecule has 1 N–H and O–H groups in total. The zero-order chi connectivity index (χ0) is 20.6. The number of carbonyl (C=O) groups is 1. The Morgan fingerprint density at radius 2 is 1.97 bits per heavy atom. The highest BCUT2D eigenvalue weighted by atomic mass is 32.1. The van der Waals surface area contributed by atoms with Crippen LogP contribution in [0.3, 0.4) is 0 Å². The second-order valence-corrected chi connectivity index (χ2v) is 7.66. The Kier molecular flexibility index (Phi) is 7.25. The first-order chi connectivity index (χ1) is 14.1. The molecule has 6 heteroatoms. The predicted molar refractivity (Wildman–Crippen MR) is 117 cm³/mol. The highest BCUT2D eigenvalue weighted by molar-refractivity contribution is 7.13. The number of hydrogen-bond acceptors (Lipinski definition) is 5. The van der Waals surface area contributed by atoms with Crippen molar-refractivity contribution in [1.29, 1.82) is 0 Å². The van der Waals surface area contributed by atoms with E-state index < -0.39 is 0 Å². The van der Waals surface area contributed by atoms with E-state index in [-0.39, 0.29) is 18.4 Å². The molecule has 0 saturated heterocycles. The monoisotopic (exact) mass is 410 g/mol. The van der Waals surface area contributed by atoms with Crippen LogP contribution in [0.4, 0.5) is 0 Å². The molecule has 0 aliphatic rings. The molecule has 0 aliphatic heterocycles. The zero-order valence-electron chi connectivity index (χ0n) is 17.0. The molecule has 3 aromatic rings. The van der Waals surface area contributed by atoms with Crippen molar-refractivity contribution in [2.45, 2.75) is 32.7 Å². The maximum Gasteiger partial charge on any atom is 0.226 e. The van der Waals surface area contributed by atoms with E-state index in [1.165, 1.54) is 0 Å². The Balaban J connectivity index is 1.54. The topological polar surface area (TPSA) is 60.5 Å². The van der Waals surface area contributed by atoms with Gasteiger partial charge in [0.15, 0.2) is 0 Å². The first-order valence-electron chi connectivity index (χ1n) is 9.67. The van der Waals surface area contributed by atoms with Crippen LogP contribution < -0.4 is 14.8 Å². The van der Waals surface area contributed by atoms with E-state index in [9.17, 15) is 4.79 Å². The molecule has 29 heavy (non-hydrogen) atoms. The third-order valence-corrected chi connectivity index (χ3v) is 5.33. The van der Waals surface area contributed by atoms with Crippen molar-refractivity contribution in [3.63, 3.8) is 0 Å². The molecule has 2 aromatic carbocycles. The van der Waals surface area contributed by atoms with Crippen LogP contribution in [0.2, 0.25) is 0 Å². The molecule has 0 bridgehead atoms.